The largest absolute Gasteiger partial charge is 0.511 e. The quantitative estimate of drug-likeness (QED) is 0.817. The fourth-order valence-electron chi connectivity index (χ4n) is 1.90. The lowest BCUT2D eigenvalue weighted by Gasteiger charge is -2.26. The van der Waals surface area contributed by atoms with Gasteiger partial charge in [-0.25, -0.2) is 0 Å². The zero-order valence-electron chi connectivity index (χ0n) is 10.5. The summed E-state index contributed by atoms with van der Waals surface area (Å²) < 4.78 is 0. The Morgan fingerprint density at radius 3 is 2.37 bits per heavy atom. The Bertz CT molecular complexity index is 583. The van der Waals surface area contributed by atoms with Gasteiger partial charge in [0.15, 0.2) is 5.78 Å². The first kappa shape index (κ1) is 13.1. The molecule has 0 saturated carbocycles. The van der Waals surface area contributed by atoms with Crippen LogP contribution in [-0.2, 0) is 4.79 Å². The van der Waals surface area contributed by atoms with Crippen LogP contribution < -0.4 is 0 Å². The average Bonchev–Trinajstić information content (AvgIpc) is 2.42. The van der Waals surface area contributed by atoms with Crippen LogP contribution in [-0.4, -0.2) is 22.0 Å². The second-order valence-electron chi connectivity index (χ2n) is 4.73. The van der Waals surface area contributed by atoms with E-state index in [2.05, 4.69) is 0 Å². The minimum absolute atomic E-state index is 0.0958. The van der Waals surface area contributed by atoms with Crippen LogP contribution in [0.25, 0.3) is 0 Å². The molecule has 0 heterocycles. The summed E-state index contributed by atoms with van der Waals surface area (Å²) in [6, 6.07) is 8.67. The fourth-order valence-corrected chi connectivity index (χ4v) is 1.90. The molecule has 1 atom stereocenters. The third kappa shape index (κ3) is 2.29. The molecule has 0 radical (unpaired) electrons. The maximum atomic E-state index is 12.2. The summed E-state index contributed by atoms with van der Waals surface area (Å²) in [5, 5.41) is 18.9. The van der Waals surface area contributed by atoms with E-state index < -0.39 is 11.4 Å². The van der Waals surface area contributed by atoms with E-state index in [0.717, 1.165) is 0 Å². The summed E-state index contributed by atoms with van der Waals surface area (Å²) in [5.41, 5.74) is -0.514. The summed E-state index contributed by atoms with van der Waals surface area (Å²) in [6.07, 6.45) is 2.90. The van der Waals surface area contributed by atoms with Crippen LogP contribution in [0.4, 0.5) is 0 Å². The summed E-state index contributed by atoms with van der Waals surface area (Å²) in [5.74, 6) is -1.62. The van der Waals surface area contributed by atoms with Crippen LogP contribution in [0.15, 0.2) is 53.8 Å². The van der Waals surface area contributed by atoms with Crippen LogP contribution in [0.1, 0.15) is 23.7 Å². The molecule has 1 aliphatic carbocycles. The normalized spacial score (nSPS) is 22.4. The number of Topliss-reactive ketones (excluding diaryl/α,β-unsaturated/α-hetero) is 1. The van der Waals surface area contributed by atoms with E-state index in [9.17, 15) is 14.7 Å². The van der Waals surface area contributed by atoms with Crippen LogP contribution in [0.5, 0.6) is 0 Å². The Morgan fingerprint density at radius 1 is 1.21 bits per heavy atom. The van der Waals surface area contributed by atoms with Crippen molar-refractivity contribution in [2.75, 3.05) is 0 Å². The smallest absolute Gasteiger partial charge is 0.317 e. The number of carboxylic acids is 1. The van der Waals surface area contributed by atoms with E-state index in [4.69, 9.17) is 5.11 Å². The van der Waals surface area contributed by atoms with E-state index in [0.29, 0.717) is 11.1 Å². The van der Waals surface area contributed by atoms with Gasteiger partial charge in [-0.15, -0.1) is 0 Å². The highest BCUT2D eigenvalue weighted by Gasteiger charge is 2.39. The van der Waals surface area contributed by atoms with Crippen LogP contribution >= 0.6 is 0 Å². The molecule has 0 bridgehead atoms. The molecular weight excluding hydrogens is 244 g/mol. The maximum Gasteiger partial charge on any atom is 0.317 e. The number of aliphatic hydroxyl groups is 1. The average molecular weight is 258 g/mol. The molecule has 0 aliphatic heterocycles. The number of aliphatic hydroxyl groups excluding tert-OH is 1. The van der Waals surface area contributed by atoms with Crippen molar-refractivity contribution < 1.29 is 19.8 Å². The molecule has 1 aromatic rings. The van der Waals surface area contributed by atoms with Crippen molar-refractivity contribution in [1.29, 1.82) is 0 Å². The van der Waals surface area contributed by atoms with E-state index >= 15 is 0 Å². The standard InChI is InChI=1S/C15H14O4/c1-15(14(18)19)8-7-11(9-12(15)16)13(17)10-5-3-2-4-6-10/h2-7,9,16H,8H2,1H3,(H,18,19). The van der Waals surface area contributed by atoms with Gasteiger partial charge < -0.3 is 10.2 Å². The maximum absolute atomic E-state index is 12.2. The third-order valence-corrected chi connectivity index (χ3v) is 3.36. The van der Waals surface area contributed by atoms with Crippen molar-refractivity contribution in [2.24, 2.45) is 5.41 Å². The molecule has 1 unspecified atom stereocenters. The van der Waals surface area contributed by atoms with Crippen molar-refractivity contribution in [3.8, 4) is 0 Å². The van der Waals surface area contributed by atoms with E-state index in [1.807, 2.05) is 0 Å². The number of carboxylic acid groups (broad SMARTS) is 1. The molecule has 1 aliphatic rings. The molecule has 4 nitrogen and oxygen atoms in total. The number of allylic oxidation sites excluding steroid dienone is 3. The van der Waals surface area contributed by atoms with Gasteiger partial charge in [-0.1, -0.05) is 36.4 Å². The highest BCUT2D eigenvalue weighted by atomic mass is 16.4. The predicted octanol–water partition coefficient (Wildman–Crippen LogP) is 2.73. The number of carbonyl (C=O) groups is 2. The zero-order valence-corrected chi connectivity index (χ0v) is 10.5. The first-order valence-electron chi connectivity index (χ1n) is 5.89. The summed E-state index contributed by atoms with van der Waals surface area (Å²) in [6.45, 7) is 1.43. The van der Waals surface area contributed by atoms with Gasteiger partial charge in [-0.05, 0) is 19.4 Å². The topological polar surface area (TPSA) is 74.6 Å². The molecule has 0 saturated heterocycles. The highest BCUT2D eigenvalue weighted by Crippen LogP contribution is 2.35. The van der Waals surface area contributed by atoms with E-state index in [1.165, 1.54) is 13.0 Å². The van der Waals surface area contributed by atoms with Gasteiger partial charge in [0.05, 0.1) is 0 Å². The van der Waals surface area contributed by atoms with Crippen molar-refractivity contribution >= 4 is 11.8 Å². The Morgan fingerprint density at radius 2 is 1.84 bits per heavy atom. The number of carbonyl (C=O) groups excluding carboxylic acids is 1. The van der Waals surface area contributed by atoms with Crippen LogP contribution in [0, 0.1) is 5.41 Å². The van der Waals surface area contributed by atoms with Gasteiger partial charge in [0.2, 0.25) is 0 Å². The van der Waals surface area contributed by atoms with Gasteiger partial charge in [-0.3, -0.25) is 9.59 Å². The molecule has 2 rings (SSSR count). The first-order chi connectivity index (χ1) is 8.95. The van der Waals surface area contributed by atoms with Crippen molar-refractivity contribution in [3.05, 3.63) is 59.4 Å². The monoisotopic (exact) mass is 258 g/mol. The minimum atomic E-state index is -1.35. The molecular formula is C15H14O4. The second kappa shape index (κ2) is 4.72. The SMILES string of the molecule is CC1(C(=O)O)CC=C(C(=O)c2ccccc2)C=C1O. The molecule has 0 fully saturated rings. The second-order valence-corrected chi connectivity index (χ2v) is 4.73. The summed E-state index contributed by atoms with van der Waals surface area (Å²) in [7, 11) is 0. The van der Waals surface area contributed by atoms with Crippen molar-refractivity contribution in [3.63, 3.8) is 0 Å². The summed E-state index contributed by atoms with van der Waals surface area (Å²) in [4.78, 5) is 23.3. The van der Waals surface area contributed by atoms with E-state index in [-0.39, 0.29) is 18.0 Å². The summed E-state index contributed by atoms with van der Waals surface area (Å²) >= 11 is 0. The first-order valence-corrected chi connectivity index (χ1v) is 5.89. The fraction of sp³-hybridized carbons (Fsp3) is 0.200. The van der Waals surface area contributed by atoms with Gasteiger partial charge >= 0.3 is 5.97 Å². The number of aliphatic carboxylic acids is 1. The molecule has 2 N–H and O–H groups in total. The molecule has 4 heteroatoms. The number of hydrogen-bond donors (Lipinski definition) is 2. The predicted molar refractivity (Wildman–Crippen MR) is 69.9 cm³/mol. The molecule has 98 valence electrons. The lowest BCUT2D eigenvalue weighted by molar-refractivity contribution is -0.147. The van der Waals surface area contributed by atoms with Gasteiger partial charge in [0.1, 0.15) is 11.2 Å². The third-order valence-electron chi connectivity index (χ3n) is 3.36. The molecule has 0 amide bonds. The zero-order chi connectivity index (χ0) is 14.0. The number of rotatable bonds is 3. The van der Waals surface area contributed by atoms with Crippen LogP contribution in [0.3, 0.4) is 0 Å². The minimum Gasteiger partial charge on any atom is -0.511 e. The van der Waals surface area contributed by atoms with Gasteiger partial charge in [0, 0.05) is 11.1 Å². The van der Waals surface area contributed by atoms with E-state index in [1.54, 1.807) is 36.4 Å². The van der Waals surface area contributed by atoms with Crippen LogP contribution in [0.2, 0.25) is 0 Å². The number of hydrogen-bond acceptors (Lipinski definition) is 3. The Balaban J connectivity index is 2.29. The van der Waals surface area contributed by atoms with Crippen molar-refractivity contribution in [1.82, 2.24) is 0 Å². The Hall–Kier alpha value is -2.36. The Kier molecular flexibility index (Phi) is 3.25. The molecule has 1 aromatic carbocycles. The molecule has 0 spiro atoms. The highest BCUT2D eigenvalue weighted by molar-refractivity contribution is 6.10. The number of ketones is 1. The van der Waals surface area contributed by atoms with Gasteiger partial charge in [-0.2, -0.15) is 0 Å². The van der Waals surface area contributed by atoms with Crippen molar-refractivity contribution in [2.45, 2.75) is 13.3 Å². The Labute approximate surface area is 110 Å². The van der Waals surface area contributed by atoms with Gasteiger partial charge in [0.25, 0.3) is 0 Å². The molecule has 19 heavy (non-hydrogen) atoms. The number of benzene rings is 1. The lowest BCUT2D eigenvalue weighted by Crippen LogP contribution is -2.31. The lowest BCUT2D eigenvalue weighted by atomic mass is 9.79. The molecule has 0 aromatic heterocycles.